The summed E-state index contributed by atoms with van der Waals surface area (Å²) < 4.78 is 0. The normalized spacial score (nSPS) is 10.7. The van der Waals surface area contributed by atoms with Crippen molar-refractivity contribution in [2.75, 3.05) is 0 Å². The predicted molar refractivity (Wildman–Crippen MR) is 62.9 cm³/mol. The van der Waals surface area contributed by atoms with Crippen LogP contribution in [-0.2, 0) is 0 Å². The molecule has 15 heavy (non-hydrogen) atoms. The lowest BCUT2D eigenvalue weighted by Crippen LogP contribution is -1.83. The molecule has 0 radical (unpaired) electrons. The summed E-state index contributed by atoms with van der Waals surface area (Å²) in [5.41, 5.74) is 1.66. The van der Waals surface area contributed by atoms with Gasteiger partial charge in [0.15, 0.2) is 0 Å². The Labute approximate surface area is 93.3 Å². The summed E-state index contributed by atoms with van der Waals surface area (Å²) in [4.78, 5) is 8.40. The van der Waals surface area contributed by atoms with Gasteiger partial charge in [-0.15, -0.1) is 0 Å². The van der Waals surface area contributed by atoms with Crippen molar-refractivity contribution in [2.24, 2.45) is 4.99 Å². The molecule has 0 saturated carbocycles. The van der Waals surface area contributed by atoms with Crippen LogP contribution in [0.25, 0.3) is 0 Å². The molecule has 0 aliphatic rings. The van der Waals surface area contributed by atoms with E-state index in [1.165, 1.54) is 0 Å². The molecule has 1 aromatic carbocycles. The van der Waals surface area contributed by atoms with E-state index in [0.717, 1.165) is 11.4 Å². The molecule has 0 aliphatic carbocycles. The highest BCUT2D eigenvalue weighted by molar-refractivity contribution is 6.30. The molecule has 2 nitrogen and oxygen atoms in total. The molecule has 3 heteroatoms. The molecule has 0 aliphatic heterocycles. The van der Waals surface area contributed by atoms with Crippen LogP contribution in [0.4, 0.5) is 5.69 Å². The molecular formula is C12H9ClN2. The molecule has 2 aromatic rings. The van der Waals surface area contributed by atoms with Gasteiger partial charge in [0, 0.05) is 11.2 Å². The first-order valence-corrected chi connectivity index (χ1v) is 4.93. The highest BCUT2D eigenvalue weighted by Crippen LogP contribution is 2.17. The van der Waals surface area contributed by atoms with Crippen LogP contribution in [0.3, 0.4) is 0 Å². The Balaban J connectivity index is 2.19. The largest absolute Gasteiger partial charge is 0.255 e. The van der Waals surface area contributed by atoms with Gasteiger partial charge in [-0.2, -0.15) is 0 Å². The van der Waals surface area contributed by atoms with E-state index in [1.54, 1.807) is 18.5 Å². The Morgan fingerprint density at radius 1 is 1.13 bits per heavy atom. The standard InChI is InChI=1S/C12H9ClN2/c13-10-4-3-6-11(8-10)15-9-12-5-1-2-7-14-12/h1-9H/b15-9+. The molecule has 0 unspecified atom stereocenters. The zero-order chi connectivity index (χ0) is 10.5. The van der Waals surface area contributed by atoms with E-state index in [0.29, 0.717) is 5.02 Å². The number of aromatic nitrogens is 1. The maximum Gasteiger partial charge on any atom is 0.0812 e. The highest BCUT2D eigenvalue weighted by atomic mass is 35.5. The summed E-state index contributed by atoms with van der Waals surface area (Å²) in [5, 5.41) is 0.686. The Bertz CT molecular complexity index is 466. The van der Waals surface area contributed by atoms with Crippen LogP contribution in [-0.4, -0.2) is 11.2 Å². The first-order valence-electron chi connectivity index (χ1n) is 4.55. The Morgan fingerprint density at radius 3 is 2.80 bits per heavy atom. The summed E-state index contributed by atoms with van der Waals surface area (Å²) in [6, 6.07) is 13.1. The molecule has 74 valence electrons. The summed E-state index contributed by atoms with van der Waals surface area (Å²) >= 11 is 5.84. The summed E-state index contributed by atoms with van der Waals surface area (Å²) in [7, 11) is 0. The summed E-state index contributed by atoms with van der Waals surface area (Å²) in [6.45, 7) is 0. The first-order chi connectivity index (χ1) is 7.34. The maximum absolute atomic E-state index is 5.84. The third kappa shape index (κ3) is 2.89. The molecule has 0 atom stereocenters. The molecule has 1 heterocycles. The molecule has 0 fully saturated rings. The van der Waals surface area contributed by atoms with Gasteiger partial charge in [0.1, 0.15) is 0 Å². The third-order valence-corrected chi connectivity index (χ3v) is 2.08. The lowest BCUT2D eigenvalue weighted by Gasteiger charge is -1.94. The number of aliphatic imine (C=N–C) groups is 1. The van der Waals surface area contributed by atoms with Gasteiger partial charge in [-0.3, -0.25) is 9.98 Å². The Morgan fingerprint density at radius 2 is 2.07 bits per heavy atom. The van der Waals surface area contributed by atoms with Gasteiger partial charge in [0.2, 0.25) is 0 Å². The second-order valence-electron chi connectivity index (χ2n) is 2.99. The van der Waals surface area contributed by atoms with E-state index in [4.69, 9.17) is 11.6 Å². The van der Waals surface area contributed by atoms with Gasteiger partial charge in [0.05, 0.1) is 17.6 Å². The molecule has 0 spiro atoms. The van der Waals surface area contributed by atoms with E-state index >= 15 is 0 Å². The van der Waals surface area contributed by atoms with Gasteiger partial charge in [-0.05, 0) is 30.3 Å². The van der Waals surface area contributed by atoms with Crippen molar-refractivity contribution in [3.05, 3.63) is 59.4 Å². The van der Waals surface area contributed by atoms with Crippen molar-refractivity contribution in [1.82, 2.24) is 4.98 Å². The SMILES string of the molecule is Clc1cccc(/N=C/c2ccccn2)c1. The van der Waals surface area contributed by atoms with Crippen LogP contribution in [0.15, 0.2) is 53.7 Å². The lowest BCUT2D eigenvalue weighted by molar-refractivity contribution is 1.30. The zero-order valence-electron chi connectivity index (χ0n) is 7.97. The van der Waals surface area contributed by atoms with Crippen molar-refractivity contribution >= 4 is 23.5 Å². The smallest absolute Gasteiger partial charge is 0.0812 e. The minimum Gasteiger partial charge on any atom is -0.255 e. The molecule has 0 bridgehead atoms. The number of halogens is 1. The number of benzene rings is 1. The highest BCUT2D eigenvalue weighted by Gasteiger charge is 1.90. The first kappa shape index (κ1) is 9.87. The molecule has 0 amide bonds. The average molecular weight is 217 g/mol. The molecule has 0 N–H and O–H groups in total. The van der Waals surface area contributed by atoms with Crippen LogP contribution in [0.5, 0.6) is 0 Å². The minimum atomic E-state index is 0.686. The fourth-order valence-electron chi connectivity index (χ4n) is 1.15. The second-order valence-corrected chi connectivity index (χ2v) is 3.43. The van der Waals surface area contributed by atoms with E-state index in [-0.39, 0.29) is 0 Å². The number of hydrogen-bond acceptors (Lipinski definition) is 2. The van der Waals surface area contributed by atoms with Crippen LogP contribution >= 0.6 is 11.6 Å². The fourth-order valence-corrected chi connectivity index (χ4v) is 1.33. The number of nitrogens with zero attached hydrogens (tertiary/aromatic N) is 2. The van der Waals surface area contributed by atoms with E-state index < -0.39 is 0 Å². The van der Waals surface area contributed by atoms with Gasteiger partial charge < -0.3 is 0 Å². The van der Waals surface area contributed by atoms with E-state index in [1.807, 2.05) is 36.4 Å². The predicted octanol–water partition coefficient (Wildman–Crippen LogP) is 3.49. The van der Waals surface area contributed by atoms with Gasteiger partial charge in [-0.1, -0.05) is 23.7 Å². The third-order valence-electron chi connectivity index (χ3n) is 1.84. The van der Waals surface area contributed by atoms with Gasteiger partial charge >= 0.3 is 0 Å². The fraction of sp³-hybridized carbons (Fsp3) is 0. The number of hydrogen-bond donors (Lipinski definition) is 0. The van der Waals surface area contributed by atoms with Crippen molar-refractivity contribution in [3.63, 3.8) is 0 Å². The van der Waals surface area contributed by atoms with Crippen molar-refractivity contribution in [3.8, 4) is 0 Å². The average Bonchev–Trinajstić information content (AvgIpc) is 2.28. The topological polar surface area (TPSA) is 25.2 Å². The van der Waals surface area contributed by atoms with E-state index in [2.05, 4.69) is 9.98 Å². The van der Waals surface area contributed by atoms with E-state index in [9.17, 15) is 0 Å². The van der Waals surface area contributed by atoms with Crippen molar-refractivity contribution < 1.29 is 0 Å². The summed E-state index contributed by atoms with van der Waals surface area (Å²) in [6.07, 6.45) is 3.45. The zero-order valence-corrected chi connectivity index (χ0v) is 8.72. The van der Waals surface area contributed by atoms with Crippen LogP contribution in [0.2, 0.25) is 5.02 Å². The van der Waals surface area contributed by atoms with Crippen LogP contribution in [0, 0.1) is 0 Å². The quantitative estimate of drug-likeness (QED) is 0.706. The van der Waals surface area contributed by atoms with Crippen LogP contribution < -0.4 is 0 Å². The van der Waals surface area contributed by atoms with Crippen molar-refractivity contribution in [2.45, 2.75) is 0 Å². The molecule has 0 saturated heterocycles. The molecule has 2 rings (SSSR count). The summed E-state index contributed by atoms with van der Waals surface area (Å²) in [5.74, 6) is 0. The Hall–Kier alpha value is -1.67. The lowest BCUT2D eigenvalue weighted by atomic mass is 10.3. The minimum absolute atomic E-state index is 0.686. The molecule has 1 aromatic heterocycles. The van der Waals surface area contributed by atoms with Crippen molar-refractivity contribution in [1.29, 1.82) is 0 Å². The molecular weight excluding hydrogens is 208 g/mol. The Kier molecular flexibility index (Phi) is 3.10. The maximum atomic E-state index is 5.84. The van der Waals surface area contributed by atoms with Gasteiger partial charge in [0.25, 0.3) is 0 Å². The van der Waals surface area contributed by atoms with Gasteiger partial charge in [-0.25, -0.2) is 0 Å². The second kappa shape index (κ2) is 4.71. The monoisotopic (exact) mass is 216 g/mol. The number of rotatable bonds is 2. The van der Waals surface area contributed by atoms with Crippen LogP contribution in [0.1, 0.15) is 5.69 Å². The number of pyridine rings is 1.